The van der Waals surface area contributed by atoms with E-state index in [-0.39, 0.29) is 6.04 Å². The van der Waals surface area contributed by atoms with Gasteiger partial charge in [0.2, 0.25) is 0 Å². The van der Waals surface area contributed by atoms with Gasteiger partial charge in [0.1, 0.15) is 11.2 Å². The van der Waals surface area contributed by atoms with Gasteiger partial charge in [0, 0.05) is 11.7 Å². The Bertz CT molecular complexity index is 838. The summed E-state index contributed by atoms with van der Waals surface area (Å²) in [5.74, 6) is 1.22. The van der Waals surface area contributed by atoms with Crippen LogP contribution in [0.15, 0.2) is 0 Å². The predicted octanol–water partition coefficient (Wildman–Crippen LogP) is 1.16. The van der Waals surface area contributed by atoms with Crippen molar-refractivity contribution in [3.05, 3.63) is 22.5 Å². The molecule has 2 aliphatic carbocycles. The van der Waals surface area contributed by atoms with Crippen LogP contribution in [0, 0.1) is 25.2 Å². The average Bonchev–Trinajstić information content (AvgIpc) is 3.45. The molecule has 1 aromatic heterocycles. The van der Waals surface area contributed by atoms with Crippen molar-refractivity contribution in [2.45, 2.75) is 44.2 Å². The highest BCUT2D eigenvalue weighted by Crippen LogP contribution is 2.54. The van der Waals surface area contributed by atoms with Crippen LogP contribution < -0.4 is 5.32 Å². The van der Waals surface area contributed by atoms with Gasteiger partial charge in [-0.2, -0.15) is 0 Å². The molecule has 0 radical (unpaired) electrons. The van der Waals surface area contributed by atoms with E-state index in [0.717, 1.165) is 18.5 Å². The number of hydrogen-bond acceptors (Lipinski definition) is 4. The third-order valence-corrected chi connectivity index (χ3v) is 5.41. The molecule has 1 amide bonds. The van der Waals surface area contributed by atoms with Gasteiger partial charge in [0.05, 0.1) is 12.7 Å². The first-order chi connectivity index (χ1) is 11.4. The lowest BCUT2D eigenvalue weighted by molar-refractivity contribution is -0.117. The van der Waals surface area contributed by atoms with Crippen molar-refractivity contribution >= 4 is 17.7 Å². The number of ketones is 1. The highest BCUT2D eigenvalue weighted by Gasteiger charge is 2.51. The van der Waals surface area contributed by atoms with Crippen molar-refractivity contribution in [1.29, 1.82) is 0 Å². The summed E-state index contributed by atoms with van der Waals surface area (Å²) in [4.78, 5) is 37.3. The first kappa shape index (κ1) is 15.0. The number of Topliss-reactive ketones (excluding diaryl/α,β-unsaturated/α-hetero) is 1. The normalized spacial score (nSPS) is 24.4. The molecule has 0 spiro atoms. The number of esters is 1. The Balaban J connectivity index is 1.72. The molecule has 1 N–H and O–H groups in total. The van der Waals surface area contributed by atoms with Crippen molar-refractivity contribution in [2.24, 2.45) is 5.92 Å². The molecule has 0 aromatic carbocycles. The van der Waals surface area contributed by atoms with E-state index in [9.17, 15) is 14.4 Å². The number of carbonyl (C=O) groups excluding carboxylic acids is 3. The Morgan fingerprint density at radius 1 is 1.38 bits per heavy atom. The fourth-order valence-corrected chi connectivity index (χ4v) is 3.82. The minimum absolute atomic E-state index is 0.248. The third kappa shape index (κ3) is 1.94. The SMILES string of the molecule is C#CC1(NC(=O)C(=O)c2c(C)c(C(=O)OC)n3c2C[C@H]2C[C@H]23)CC1. The largest absolute Gasteiger partial charge is 0.464 e. The van der Waals surface area contributed by atoms with Crippen molar-refractivity contribution in [1.82, 2.24) is 9.88 Å². The van der Waals surface area contributed by atoms with Gasteiger partial charge >= 0.3 is 5.97 Å². The fraction of sp³-hybridized carbons (Fsp3) is 0.500. The summed E-state index contributed by atoms with van der Waals surface area (Å²) < 4.78 is 6.78. The van der Waals surface area contributed by atoms with Gasteiger partial charge in [-0.3, -0.25) is 9.59 Å². The number of rotatable bonds is 4. The minimum Gasteiger partial charge on any atom is -0.464 e. The third-order valence-electron chi connectivity index (χ3n) is 5.41. The molecule has 2 heterocycles. The van der Waals surface area contributed by atoms with Crippen molar-refractivity contribution in [3.63, 3.8) is 0 Å². The van der Waals surface area contributed by atoms with Crippen LogP contribution in [0.1, 0.15) is 57.4 Å². The van der Waals surface area contributed by atoms with Gasteiger partial charge in [0.15, 0.2) is 0 Å². The Morgan fingerprint density at radius 3 is 2.67 bits per heavy atom. The molecule has 6 heteroatoms. The van der Waals surface area contributed by atoms with Crippen LogP contribution >= 0.6 is 0 Å². The number of ether oxygens (including phenoxy) is 1. The zero-order valence-electron chi connectivity index (χ0n) is 13.6. The second-order valence-corrected chi connectivity index (χ2v) is 6.93. The van der Waals surface area contributed by atoms with Gasteiger partial charge in [-0.15, -0.1) is 6.42 Å². The van der Waals surface area contributed by atoms with Gasteiger partial charge < -0.3 is 14.6 Å². The lowest BCUT2D eigenvalue weighted by Crippen LogP contribution is -2.40. The zero-order chi connectivity index (χ0) is 17.2. The molecule has 124 valence electrons. The van der Waals surface area contributed by atoms with E-state index < -0.39 is 23.2 Å². The molecule has 0 saturated heterocycles. The second kappa shape index (κ2) is 4.73. The predicted molar refractivity (Wildman–Crippen MR) is 84.6 cm³/mol. The van der Waals surface area contributed by atoms with Crippen molar-refractivity contribution in [2.75, 3.05) is 7.11 Å². The number of carbonyl (C=O) groups is 3. The molecule has 24 heavy (non-hydrogen) atoms. The summed E-state index contributed by atoms with van der Waals surface area (Å²) in [6.07, 6.45) is 8.52. The van der Waals surface area contributed by atoms with E-state index >= 15 is 0 Å². The van der Waals surface area contributed by atoms with E-state index in [1.165, 1.54) is 7.11 Å². The molecule has 1 aliphatic heterocycles. The number of terminal acetylenes is 1. The maximum absolute atomic E-state index is 12.7. The number of amides is 1. The molecule has 3 aliphatic rings. The maximum Gasteiger partial charge on any atom is 0.354 e. The minimum atomic E-state index is -0.695. The van der Waals surface area contributed by atoms with E-state index in [1.54, 1.807) is 6.92 Å². The first-order valence-corrected chi connectivity index (χ1v) is 8.09. The Hall–Kier alpha value is -2.55. The van der Waals surface area contributed by atoms with E-state index in [2.05, 4.69) is 11.2 Å². The van der Waals surface area contributed by atoms with E-state index in [0.29, 0.717) is 35.6 Å². The topological polar surface area (TPSA) is 77.4 Å². The molecule has 2 atom stereocenters. The standard InChI is InChI=1S/C18H18N2O4/c1-4-18(5-6-18)19-16(22)15(21)13-9(2)14(17(23)24-3)20-11-7-10(11)8-12(13)20/h1,10-11H,5-8H2,2-3H3,(H,19,22)/t10-,11-/m1/s1. The lowest BCUT2D eigenvalue weighted by Gasteiger charge is -2.10. The number of nitrogens with one attached hydrogen (secondary N) is 1. The van der Waals surface area contributed by atoms with Gasteiger partial charge in [-0.05, 0) is 44.1 Å². The van der Waals surface area contributed by atoms with Crippen LogP contribution in [0.2, 0.25) is 0 Å². The monoisotopic (exact) mass is 326 g/mol. The van der Waals surface area contributed by atoms with Crippen LogP contribution in [-0.4, -0.2) is 34.9 Å². The fourth-order valence-electron chi connectivity index (χ4n) is 3.82. The van der Waals surface area contributed by atoms with Crippen LogP contribution in [0.25, 0.3) is 0 Å². The van der Waals surface area contributed by atoms with Crippen LogP contribution in [0.3, 0.4) is 0 Å². The van der Waals surface area contributed by atoms with E-state index in [4.69, 9.17) is 11.2 Å². The summed E-state index contributed by atoms with van der Waals surface area (Å²) in [6, 6.07) is 0.248. The van der Waals surface area contributed by atoms with Crippen LogP contribution in [0.5, 0.6) is 0 Å². The summed E-state index contributed by atoms with van der Waals surface area (Å²) >= 11 is 0. The molecule has 2 fully saturated rings. The van der Waals surface area contributed by atoms with Crippen LogP contribution in [-0.2, 0) is 16.0 Å². The highest BCUT2D eigenvalue weighted by atomic mass is 16.5. The quantitative estimate of drug-likeness (QED) is 0.390. The molecule has 2 saturated carbocycles. The summed E-state index contributed by atoms with van der Waals surface area (Å²) in [5.41, 5.74) is 1.36. The summed E-state index contributed by atoms with van der Waals surface area (Å²) in [5, 5.41) is 2.66. The number of hydrogen-bond donors (Lipinski definition) is 1. The molecule has 0 bridgehead atoms. The van der Waals surface area contributed by atoms with Gasteiger partial charge in [0.25, 0.3) is 11.7 Å². The van der Waals surface area contributed by atoms with Crippen molar-refractivity contribution in [3.8, 4) is 12.3 Å². The number of aromatic nitrogens is 1. The Morgan fingerprint density at radius 2 is 2.08 bits per heavy atom. The van der Waals surface area contributed by atoms with Gasteiger partial charge in [-0.1, -0.05) is 5.92 Å². The molecule has 6 nitrogen and oxygen atoms in total. The second-order valence-electron chi connectivity index (χ2n) is 6.93. The molecular formula is C18H18N2O4. The highest BCUT2D eigenvalue weighted by molar-refractivity contribution is 6.44. The zero-order valence-corrected chi connectivity index (χ0v) is 13.6. The molecule has 4 rings (SSSR count). The first-order valence-electron chi connectivity index (χ1n) is 8.09. The molecule has 0 unspecified atom stereocenters. The average molecular weight is 326 g/mol. The van der Waals surface area contributed by atoms with Crippen molar-refractivity contribution < 1.29 is 19.1 Å². The number of nitrogens with zero attached hydrogens (tertiary/aromatic N) is 1. The molecular weight excluding hydrogens is 308 g/mol. The smallest absolute Gasteiger partial charge is 0.354 e. The summed E-state index contributed by atoms with van der Waals surface area (Å²) in [7, 11) is 1.32. The lowest BCUT2D eigenvalue weighted by atomic mass is 10.0. The summed E-state index contributed by atoms with van der Waals surface area (Å²) in [6.45, 7) is 1.70. The Labute approximate surface area is 139 Å². The maximum atomic E-state index is 12.7. The number of fused-ring (bicyclic) bond motifs is 3. The van der Waals surface area contributed by atoms with E-state index in [1.807, 2.05) is 4.57 Å². The Kier molecular flexibility index (Phi) is 2.96. The molecule has 1 aromatic rings. The number of methoxy groups -OCH3 is 1. The van der Waals surface area contributed by atoms with Crippen LogP contribution in [0.4, 0.5) is 0 Å². The van der Waals surface area contributed by atoms with Gasteiger partial charge in [-0.25, -0.2) is 4.79 Å².